The number of rotatable bonds is 2. The SMILES string of the molecule is C.C=C1C[C@]2(C(C)C)C[C@@H]2[C@@H]1C.CC(C)[C@]12CC(=O)[C@H](C)[C@H]1C2. The van der Waals surface area contributed by atoms with E-state index in [0.717, 1.165) is 30.1 Å². The molecule has 4 rings (SSSR count). The molecule has 6 atom stereocenters. The van der Waals surface area contributed by atoms with Gasteiger partial charge in [-0.2, -0.15) is 0 Å². The van der Waals surface area contributed by atoms with E-state index in [4.69, 9.17) is 0 Å². The standard InChI is InChI=1S/C11H18.C10H16O.CH4/c1-7(2)11-5-8(3)9(4)10(11)6-11;1-6(2)10-4-8(10)7(3)9(11)5-10;/h7,9-10H,3,5-6H2,1-2,4H3;6-8H,4-5H2,1-3H3;1H4/t9-,10-,11-;7-,8-,10+;/m11./s1. The maximum absolute atomic E-state index is 11.3. The number of allylic oxidation sites excluding steroid dienone is 1. The molecule has 0 bridgehead atoms. The van der Waals surface area contributed by atoms with Gasteiger partial charge in [-0.1, -0.05) is 61.1 Å². The van der Waals surface area contributed by atoms with Crippen LogP contribution in [0, 0.1) is 46.3 Å². The summed E-state index contributed by atoms with van der Waals surface area (Å²) in [7, 11) is 0. The summed E-state index contributed by atoms with van der Waals surface area (Å²) in [6.07, 6.45) is 4.98. The molecule has 0 spiro atoms. The van der Waals surface area contributed by atoms with Gasteiger partial charge in [-0.15, -0.1) is 0 Å². The summed E-state index contributed by atoms with van der Waals surface area (Å²) in [5.74, 6) is 5.02. The fraction of sp³-hybridized carbons (Fsp3) is 0.864. The van der Waals surface area contributed by atoms with Gasteiger partial charge < -0.3 is 0 Å². The summed E-state index contributed by atoms with van der Waals surface area (Å²) in [5.41, 5.74) is 2.67. The average Bonchev–Trinajstić information content (AvgIpc) is 3.29. The van der Waals surface area contributed by atoms with E-state index < -0.39 is 0 Å². The smallest absolute Gasteiger partial charge is 0.136 e. The number of fused-ring (bicyclic) bond motifs is 2. The molecule has 0 amide bonds. The van der Waals surface area contributed by atoms with Crippen LogP contribution in [0.25, 0.3) is 0 Å². The van der Waals surface area contributed by atoms with Gasteiger partial charge in [0.2, 0.25) is 0 Å². The Hall–Kier alpha value is -0.590. The molecule has 0 radical (unpaired) electrons. The number of carbonyl (C=O) groups is 1. The van der Waals surface area contributed by atoms with E-state index in [1.165, 1.54) is 24.8 Å². The lowest BCUT2D eigenvalue weighted by Gasteiger charge is -2.15. The third-order valence-corrected chi connectivity index (χ3v) is 8.07. The van der Waals surface area contributed by atoms with Gasteiger partial charge in [-0.05, 0) is 59.7 Å². The highest BCUT2D eigenvalue weighted by Crippen LogP contribution is 2.71. The van der Waals surface area contributed by atoms with Crippen molar-refractivity contribution in [3.05, 3.63) is 12.2 Å². The van der Waals surface area contributed by atoms with Crippen LogP contribution < -0.4 is 0 Å². The molecule has 4 aliphatic carbocycles. The van der Waals surface area contributed by atoms with Crippen molar-refractivity contribution in [2.24, 2.45) is 46.3 Å². The van der Waals surface area contributed by atoms with Gasteiger partial charge in [0, 0.05) is 12.3 Å². The van der Waals surface area contributed by atoms with Crippen LogP contribution in [0.5, 0.6) is 0 Å². The Morgan fingerprint density at radius 1 is 0.913 bits per heavy atom. The molecule has 1 nitrogen and oxygen atoms in total. The number of carbonyl (C=O) groups excluding carboxylic acids is 1. The van der Waals surface area contributed by atoms with Crippen LogP contribution in [-0.2, 0) is 4.79 Å². The molecule has 0 aromatic carbocycles. The van der Waals surface area contributed by atoms with Crippen molar-refractivity contribution >= 4 is 5.78 Å². The van der Waals surface area contributed by atoms with E-state index in [-0.39, 0.29) is 7.43 Å². The molecule has 4 fully saturated rings. The van der Waals surface area contributed by atoms with E-state index in [1.54, 1.807) is 0 Å². The molecule has 0 unspecified atom stereocenters. The van der Waals surface area contributed by atoms with Gasteiger partial charge in [0.1, 0.15) is 5.78 Å². The van der Waals surface area contributed by atoms with Crippen LogP contribution in [0.3, 0.4) is 0 Å². The first-order chi connectivity index (χ1) is 10.2. The second kappa shape index (κ2) is 5.74. The zero-order chi connectivity index (χ0) is 16.4. The molecule has 132 valence electrons. The lowest BCUT2D eigenvalue weighted by Crippen LogP contribution is -2.10. The lowest BCUT2D eigenvalue weighted by molar-refractivity contribution is -0.121. The number of hydrogen-bond acceptors (Lipinski definition) is 1. The van der Waals surface area contributed by atoms with Gasteiger partial charge in [-0.25, -0.2) is 0 Å². The fourth-order valence-corrected chi connectivity index (χ4v) is 5.77. The zero-order valence-corrected chi connectivity index (χ0v) is 15.4. The summed E-state index contributed by atoms with van der Waals surface area (Å²) < 4.78 is 0. The summed E-state index contributed by atoms with van der Waals surface area (Å²) in [6, 6.07) is 0. The van der Waals surface area contributed by atoms with Crippen LogP contribution in [0.15, 0.2) is 12.2 Å². The molecule has 1 heteroatoms. The third-order valence-electron chi connectivity index (χ3n) is 8.07. The minimum atomic E-state index is 0. The summed E-state index contributed by atoms with van der Waals surface area (Å²) >= 11 is 0. The van der Waals surface area contributed by atoms with Crippen LogP contribution in [-0.4, -0.2) is 5.78 Å². The lowest BCUT2D eigenvalue weighted by atomic mass is 9.89. The summed E-state index contributed by atoms with van der Waals surface area (Å²) in [5, 5.41) is 0. The molecule has 4 saturated carbocycles. The van der Waals surface area contributed by atoms with E-state index in [2.05, 4.69) is 48.1 Å². The first-order valence-electron chi connectivity index (χ1n) is 9.36. The van der Waals surface area contributed by atoms with Crippen LogP contribution >= 0.6 is 0 Å². The van der Waals surface area contributed by atoms with Gasteiger partial charge in [-0.3, -0.25) is 4.79 Å². The Balaban J connectivity index is 0.000000160. The van der Waals surface area contributed by atoms with Crippen molar-refractivity contribution < 1.29 is 4.79 Å². The van der Waals surface area contributed by atoms with Crippen LogP contribution in [0.4, 0.5) is 0 Å². The molecule has 0 aromatic heterocycles. The quantitative estimate of drug-likeness (QED) is 0.559. The zero-order valence-electron chi connectivity index (χ0n) is 15.4. The minimum absolute atomic E-state index is 0. The largest absolute Gasteiger partial charge is 0.299 e. The molecule has 0 aromatic rings. The molecule has 0 saturated heterocycles. The normalized spacial score (nSPS) is 46.1. The molecular weight excluding hydrogens is 280 g/mol. The Morgan fingerprint density at radius 2 is 1.35 bits per heavy atom. The van der Waals surface area contributed by atoms with Crippen LogP contribution in [0.1, 0.15) is 74.7 Å². The summed E-state index contributed by atoms with van der Waals surface area (Å²) in [4.78, 5) is 11.3. The number of hydrogen-bond donors (Lipinski definition) is 0. The highest BCUT2D eigenvalue weighted by molar-refractivity contribution is 5.86. The second-order valence-corrected chi connectivity index (χ2v) is 9.45. The van der Waals surface area contributed by atoms with E-state index in [1.807, 2.05) is 0 Å². The van der Waals surface area contributed by atoms with Gasteiger partial charge >= 0.3 is 0 Å². The van der Waals surface area contributed by atoms with Crippen molar-refractivity contribution in [2.75, 3.05) is 0 Å². The number of Topliss-reactive ketones (excluding diaryl/α,β-unsaturated/α-hetero) is 1. The first kappa shape index (κ1) is 18.7. The second-order valence-electron chi connectivity index (χ2n) is 9.45. The Kier molecular flexibility index (Phi) is 4.68. The highest BCUT2D eigenvalue weighted by Gasteiger charge is 2.65. The Bertz CT molecular complexity index is 456. The average molecular weight is 319 g/mol. The van der Waals surface area contributed by atoms with Crippen molar-refractivity contribution in [3.63, 3.8) is 0 Å². The maximum Gasteiger partial charge on any atom is 0.136 e. The number of ketones is 1. The minimum Gasteiger partial charge on any atom is -0.299 e. The topological polar surface area (TPSA) is 17.1 Å². The maximum atomic E-state index is 11.3. The molecule has 23 heavy (non-hydrogen) atoms. The molecular formula is C22H38O. The van der Waals surface area contributed by atoms with Gasteiger partial charge in [0.15, 0.2) is 0 Å². The summed E-state index contributed by atoms with van der Waals surface area (Å²) in [6.45, 7) is 17.8. The third kappa shape index (κ3) is 2.63. The molecule has 0 heterocycles. The highest BCUT2D eigenvalue weighted by atomic mass is 16.1. The Labute approximate surface area is 144 Å². The monoisotopic (exact) mass is 318 g/mol. The van der Waals surface area contributed by atoms with Crippen molar-refractivity contribution in [1.29, 1.82) is 0 Å². The first-order valence-corrected chi connectivity index (χ1v) is 9.36. The van der Waals surface area contributed by atoms with E-state index in [0.29, 0.717) is 28.4 Å². The predicted octanol–water partition coefficient (Wildman–Crippen LogP) is 6.14. The van der Waals surface area contributed by atoms with E-state index in [9.17, 15) is 4.79 Å². The Morgan fingerprint density at radius 3 is 1.57 bits per heavy atom. The predicted molar refractivity (Wildman–Crippen MR) is 99.2 cm³/mol. The van der Waals surface area contributed by atoms with Crippen molar-refractivity contribution in [1.82, 2.24) is 0 Å². The van der Waals surface area contributed by atoms with Gasteiger partial charge in [0.25, 0.3) is 0 Å². The van der Waals surface area contributed by atoms with Crippen molar-refractivity contribution in [3.8, 4) is 0 Å². The molecule has 0 aliphatic heterocycles. The van der Waals surface area contributed by atoms with E-state index >= 15 is 0 Å². The van der Waals surface area contributed by atoms with Gasteiger partial charge in [0.05, 0.1) is 0 Å². The molecule has 4 aliphatic rings. The van der Waals surface area contributed by atoms with Crippen molar-refractivity contribution in [2.45, 2.75) is 74.7 Å². The fourth-order valence-electron chi connectivity index (χ4n) is 5.77. The van der Waals surface area contributed by atoms with Crippen LogP contribution in [0.2, 0.25) is 0 Å². The molecule has 0 N–H and O–H groups in total.